The summed E-state index contributed by atoms with van der Waals surface area (Å²) in [5.41, 5.74) is 1.34. The number of benzene rings is 1. The van der Waals surface area contributed by atoms with Crippen LogP contribution in [0, 0.1) is 5.82 Å². The van der Waals surface area contributed by atoms with Crippen LogP contribution in [0.3, 0.4) is 0 Å². The number of aromatic nitrogens is 2. The molecule has 6 heteroatoms. The molecular weight excluding hydrogens is 327 g/mol. The third-order valence-corrected chi connectivity index (χ3v) is 5.03. The molecule has 21 heavy (non-hydrogen) atoms. The van der Waals surface area contributed by atoms with Crippen LogP contribution in [-0.2, 0) is 5.75 Å². The summed E-state index contributed by atoms with van der Waals surface area (Å²) in [6, 6.07) is 12.5. The van der Waals surface area contributed by atoms with Gasteiger partial charge in [-0.25, -0.2) is 4.39 Å². The molecule has 106 valence electrons. The zero-order chi connectivity index (χ0) is 14.7. The average Bonchev–Trinajstić information content (AvgIpc) is 3.02. The molecule has 0 amide bonds. The monoisotopic (exact) mass is 336 g/mol. The van der Waals surface area contributed by atoms with Crippen molar-refractivity contribution < 1.29 is 4.39 Å². The maximum Gasteiger partial charge on any atom is 0.128 e. The SMILES string of the molecule is Fc1cccc(Cl)c1CSc1ccc(-c2cccs2)nn1. The van der Waals surface area contributed by atoms with E-state index in [4.69, 9.17) is 11.6 Å². The van der Waals surface area contributed by atoms with Crippen molar-refractivity contribution in [3.05, 3.63) is 64.2 Å². The van der Waals surface area contributed by atoms with E-state index in [0.717, 1.165) is 15.6 Å². The second kappa shape index (κ2) is 6.56. The maximum atomic E-state index is 13.7. The minimum absolute atomic E-state index is 0.293. The van der Waals surface area contributed by atoms with Gasteiger partial charge in [-0.05, 0) is 35.7 Å². The van der Waals surface area contributed by atoms with Crippen molar-refractivity contribution in [2.75, 3.05) is 0 Å². The smallest absolute Gasteiger partial charge is 0.128 e. The summed E-state index contributed by atoms with van der Waals surface area (Å²) in [5.74, 6) is 0.136. The third kappa shape index (κ3) is 3.43. The van der Waals surface area contributed by atoms with E-state index in [9.17, 15) is 4.39 Å². The summed E-state index contributed by atoms with van der Waals surface area (Å²) in [7, 11) is 0. The van der Waals surface area contributed by atoms with Gasteiger partial charge in [-0.1, -0.05) is 35.5 Å². The molecule has 2 nitrogen and oxygen atoms in total. The highest BCUT2D eigenvalue weighted by molar-refractivity contribution is 7.98. The van der Waals surface area contributed by atoms with Gasteiger partial charge in [0.1, 0.15) is 16.5 Å². The van der Waals surface area contributed by atoms with Crippen LogP contribution in [0.2, 0.25) is 5.02 Å². The van der Waals surface area contributed by atoms with Crippen LogP contribution >= 0.6 is 34.7 Å². The van der Waals surface area contributed by atoms with Crippen LogP contribution in [-0.4, -0.2) is 10.2 Å². The van der Waals surface area contributed by atoms with Gasteiger partial charge in [-0.2, -0.15) is 0 Å². The molecule has 0 aliphatic carbocycles. The van der Waals surface area contributed by atoms with Crippen LogP contribution in [0.25, 0.3) is 10.6 Å². The molecule has 0 fully saturated rings. The minimum atomic E-state index is -0.293. The van der Waals surface area contributed by atoms with Gasteiger partial charge in [0.2, 0.25) is 0 Å². The fraction of sp³-hybridized carbons (Fsp3) is 0.0667. The Balaban J connectivity index is 1.71. The van der Waals surface area contributed by atoms with E-state index in [1.54, 1.807) is 23.5 Å². The lowest BCUT2D eigenvalue weighted by atomic mass is 10.2. The zero-order valence-corrected chi connectivity index (χ0v) is 13.2. The number of halogens is 2. The molecule has 0 atom stereocenters. The van der Waals surface area contributed by atoms with E-state index in [0.29, 0.717) is 16.3 Å². The normalized spacial score (nSPS) is 10.8. The first kappa shape index (κ1) is 14.5. The van der Waals surface area contributed by atoms with Crippen molar-refractivity contribution in [2.24, 2.45) is 0 Å². The first-order chi connectivity index (χ1) is 10.2. The number of hydrogen-bond donors (Lipinski definition) is 0. The van der Waals surface area contributed by atoms with Gasteiger partial charge in [-0.3, -0.25) is 0 Å². The Hall–Kier alpha value is -1.43. The van der Waals surface area contributed by atoms with Gasteiger partial charge in [0.25, 0.3) is 0 Å². The Bertz CT molecular complexity index is 710. The number of rotatable bonds is 4. The lowest BCUT2D eigenvalue weighted by Gasteiger charge is -2.05. The van der Waals surface area contributed by atoms with Crippen molar-refractivity contribution >= 4 is 34.7 Å². The molecule has 3 rings (SSSR count). The minimum Gasteiger partial charge on any atom is -0.207 e. The van der Waals surface area contributed by atoms with Crippen LogP contribution < -0.4 is 0 Å². The van der Waals surface area contributed by atoms with Crippen molar-refractivity contribution in [1.82, 2.24) is 10.2 Å². The highest BCUT2D eigenvalue weighted by atomic mass is 35.5. The summed E-state index contributed by atoms with van der Waals surface area (Å²) in [5, 5.41) is 11.5. The summed E-state index contributed by atoms with van der Waals surface area (Å²) in [6.45, 7) is 0. The molecule has 0 bridgehead atoms. The molecule has 3 aromatic rings. The van der Waals surface area contributed by atoms with E-state index < -0.39 is 0 Å². The van der Waals surface area contributed by atoms with E-state index in [2.05, 4.69) is 10.2 Å². The van der Waals surface area contributed by atoms with Gasteiger partial charge in [0.05, 0.1) is 4.88 Å². The lowest BCUT2D eigenvalue weighted by Crippen LogP contribution is -1.91. The molecule has 0 aliphatic heterocycles. The highest BCUT2D eigenvalue weighted by Gasteiger charge is 2.08. The first-order valence-corrected chi connectivity index (χ1v) is 8.41. The molecular formula is C15H10ClFN2S2. The van der Waals surface area contributed by atoms with Crippen LogP contribution in [0.5, 0.6) is 0 Å². The largest absolute Gasteiger partial charge is 0.207 e. The molecule has 0 saturated heterocycles. The second-order valence-electron chi connectivity index (χ2n) is 4.22. The van der Waals surface area contributed by atoms with Gasteiger partial charge in [0, 0.05) is 16.3 Å². The second-order valence-corrected chi connectivity index (χ2v) is 6.57. The number of thiophene rings is 1. The van der Waals surface area contributed by atoms with Gasteiger partial charge in [0.15, 0.2) is 0 Å². The molecule has 0 saturated carbocycles. The quantitative estimate of drug-likeness (QED) is 0.605. The molecule has 0 unspecified atom stereocenters. The number of nitrogens with zero attached hydrogens (tertiary/aromatic N) is 2. The average molecular weight is 337 g/mol. The van der Waals surface area contributed by atoms with E-state index >= 15 is 0 Å². The van der Waals surface area contributed by atoms with E-state index in [1.807, 2.05) is 29.6 Å². The number of thioether (sulfide) groups is 1. The summed E-state index contributed by atoms with van der Waals surface area (Å²) < 4.78 is 13.7. The summed E-state index contributed by atoms with van der Waals surface area (Å²) in [4.78, 5) is 1.08. The third-order valence-electron chi connectivity index (χ3n) is 2.84. The van der Waals surface area contributed by atoms with Crippen LogP contribution in [0.4, 0.5) is 4.39 Å². The molecule has 0 spiro atoms. The fourth-order valence-corrected chi connectivity index (χ4v) is 3.62. The lowest BCUT2D eigenvalue weighted by molar-refractivity contribution is 0.617. The van der Waals surface area contributed by atoms with Crippen molar-refractivity contribution in [3.8, 4) is 10.6 Å². The van der Waals surface area contributed by atoms with Gasteiger partial charge >= 0.3 is 0 Å². The Kier molecular flexibility index (Phi) is 4.53. The van der Waals surface area contributed by atoms with E-state index in [-0.39, 0.29) is 5.82 Å². The Morgan fingerprint density at radius 3 is 2.67 bits per heavy atom. The predicted molar refractivity (Wildman–Crippen MR) is 86.3 cm³/mol. The fourth-order valence-electron chi connectivity index (χ4n) is 1.77. The van der Waals surface area contributed by atoms with Crippen LogP contribution in [0.1, 0.15) is 5.56 Å². The molecule has 0 radical (unpaired) electrons. The van der Waals surface area contributed by atoms with Crippen molar-refractivity contribution in [2.45, 2.75) is 10.8 Å². The molecule has 0 aliphatic rings. The van der Waals surface area contributed by atoms with Gasteiger partial charge < -0.3 is 0 Å². The topological polar surface area (TPSA) is 25.8 Å². The van der Waals surface area contributed by atoms with E-state index in [1.165, 1.54) is 17.8 Å². The highest BCUT2D eigenvalue weighted by Crippen LogP contribution is 2.28. The van der Waals surface area contributed by atoms with Gasteiger partial charge in [-0.15, -0.1) is 21.5 Å². The molecule has 2 aromatic heterocycles. The predicted octanol–water partition coefficient (Wildman–Crippen LogP) is 5.29. The Morgan fingerprint density at radius 2 is 2.00 bits per heavy atom. The van der Waals surface area contributed by atoms with Crippen LogP contribution in [0.15, 0.2) is 52.9 Å². The first-order valence-electron chi connectivity index (χ1n) is 6.17. The Labute approximate surface area is 135 Å². The standard InChI is InChI=1S/C15H10ClFN2S2/c16-11-3-1-4-12(17)10(11)9-21-15-7-6-13(18-19-15)14-5-2-8-20-14/h1-8H,9H2. The Morgan fingerprint density at radius 1 is 1.10 bits per heavy atom. The summed E-state index contributed by atoms with van der Waals surface area (Å²) in [6.07, 6.45) is 0. The summed E-state index contributed by atoms with van der Waals surface area (Å²) >= 11 is 9.03. The molecule has 0 N–H and O–H groups in total. The molecule has 2 heterocycles. The zero-order valence-electron chi connectivity index (χ0n) is 10.8. The number of hydrogen-bond acceptors (Lipinski definition) is 4. The maximum absolute atomic E-state index is 13.7. The molecule has 1 aromatic carbocycles. The van der Waals surface area contributed by atoms with Crippen molar-refractivity contribution in [1.29, 1.82) is 0 Å². The van der Waals surface area contributed by atoms with Crippen molar-refractivity contribution in [3.63, 3.8) is 0 Å².